The minimum atomic E-state index is 0.0294. The Hall–Kier alpha value is -1.55. The first-order chi connectivity index (χ1) is 9.65. The van der Waals surface area contributed by atoms with Crippen LogP contribution in [0.15, 0.2) is 30.3 Å². The topological polar surface area (TPSA) is 44.4 Å². The van der Waals surface area contributed by atoms with Crippen molar-refractivity contribution in [1.82, 2.24) is 10.6 Å². The summed E-state index contributed by atoms with van der Waals surface area (Å²) in [5, 5.41) is 6.18. The Bertz CT molecular complexity index is 381. The Kier molecular flexibility index (Phi) is 7.73. The maximum absolute atomic E-state index is 11.8. The van der Waals surface area contributed by atoms with Crippen LogP contribution in [-0.2, 0) is 4.79 Å². The number of carbonyl (C=O) groups is 1. The highest BCUT2D eigenvalue weighted by Crippen LogP contribution is 2.10. The van der Waals surface area contributed by atoms with Gasteiger partial charge in [0.05, 0.1) is 0 Å². The fourth-order valence-electron chi connectivity index (χ4n) is 1.97. The van der Waals surface area contributed by atoms with Gasteiger partial charge in [-0.3, -0.25) is 4.79 Å². The van der Waals surface area contributed by atoms with E-state index in [1.54, 1.807) is 0 Å². The molecule has 0 radical (unpaired) electrons. The van der Waals surface area contributed by atoms with E-state index in [1.165, 1.54) is 5.69 Å². The van der Waals surface area contributed by atoms with Gasteiger partial charge in [0.15, 0.2) is 0 Å². The number of hydrogen-bond donors (Lipinski definition) is 2. The molecule has 0 saturated carbocycles. The molecule has 1 amide bonds. The highest BCUT2D eigenvalue weighted by atomic mass is 16.1. The van der Waals surface area contributed by atoms with Crippen molar-refractivity contribution in [1.29, 1.82) is 0 Å². The van der Waals surface area contributed by atoms with E-state index in [-0.39, 0.29) is 11.8 Å². The van der Waals surface area contributed by atoms with Crippen molar-refractivity contribution in [3.63, 3.8) is 0 Å². The van der Waals surface area contributed by atoms with E-state index >= 15 is 0 Å². The molecule has 0 aliphatic carbocycles. The summed E-state index contributed by atoms with van der Waals surface area (Å²) in [5.74, 6) is 0.162. The number of benzene rings is 1. The van der Waals surface area contributed by atoms with Crippen LogP contribution in [0, 0.1) is 5.92 Å². The van der Waals surface area contributed by atoms with Gasteiger partial charge in [-0.05, 0) is 25.1 Å². The third-order valence-corrected chi connectivity index (χ3v) is 3.31. The molecule has 1 rings (SSSR count). The Labute approximate surface area is 122 Å². The third-order valence-electron chi connectivity index (χ3n) is 3.31. The molecule has 4 heteroatoms. The number of carbonyl (C=O) groups excluding carboxylic acids is 1. The van der Waals surface area contributed by atoms with Crippen LogP contribution in [0.2, 0.25) is 0 Å². The minimum Gasteiger partial charge on any atom is -0.375 e. The SMILES string of the molecule is CCNCC(C)C(=O)NCCCN(C)c1ccccc1. The third kappa shape index (κ3) is 6.06. The van der Waals surface area contributed by atoms with Gasteiger partial charge in [0.2, 0.25) is 5.91 Å². The molecule has 112 valence electrons. The molecule has 20 heavy (non-hydrogen) atoms. The summed E-state index contributed by atoms with van der Waals surface area (Å²) in [6, 6.07) is 10.3. The Morgan fingerprint density at radius 1 is 1.30 bits per heavy atom. The van der Waals surface area contributed by atoms with Gasteiger partial charge in [-0.1, -0.05) is 32.0 Å². The number of hydrogen-bond acceptors (Lipinski definition) is 3. The summed E-state index contributed by atoms with van der Waals surface area (Å²) < 4.78 is 0. The lowest BCUT2D eigenvalue weighted by Gasteiger charge is -2.19. The standard InChI is InChI=1S/C16H27N3O/c1-4-17-13-14(2)16(20)18-11-8-12-19(3)15-9-6-5-7-10-15/h5-7,9-10,14,17H,4,8,11-13H2,1-3H3,(H,18,20). The predicted octanol–water partition coefficient (Wildman–Crippen LogP) is 1.87. The van der Waals surface area contributed by atoms with Crippen LogP contribution in [0.5, 0.6) is 0 Å². The molecule has 0 fully saturated rings. The predicted molar refractivity (Wildman–Crippen MR) is 85.0 cm³/mol. The number of nitrogens with zero attached hydrogens (tertiary/aromatic N) is 1. The van der Waals surface area contributed by atoms with Crippen LogP contribution in [-0.4, -0.2) is 39.1 Å². The summed E-state index contributed by atoms with van der Waals surface area (Å²) in [4.78, 5) is 14.0. The van der Waals surface area contributed by atoms with Gasteiger partial charge in [-0.25, -0.2) is 0 Å². The van der Waals surface area contributed by atoms with Crippen LogP contribution >= 0.6 is 0 Å². The number of para-hydroxylation sites is 1. The highest BCUT2D eigenvalue weighted by molar-refractivity contribution is 5.78. The summed E-state index contributed by atoms with van der Waals surface area (Å²) >= 11 is 0. The number of rotatable bonds is 9. The van der Waals surface area contributed by atoms with E-state index in [4.69, 9.17) is 0 Å². The van der Waals surface area contributed by atoms with E-state index in [1.807, 2.05) is 32.0 Å². The average molecular weight is 277 g/mol. The monoisotopic (exact) mass is 277 g/mol. The first kappa shape index (κ1) is 16.5. The summed E-state index contributed by atoms with van der Waals surface area (Å²) in [6.07, 6.45) is 0.949. The Morgan fingerprint density at radius 3 is 2.65 bits per heavy atom. The lowest BCUT2D eigenvalue weighted by atomic mass is 10.1. The quantitative estimate of drug-likeness (QED) is 0.677. The first-order valence-electron chi connectivity index (χ1n) is 7.39. The van der Waals surface area contributed by atoms with Crippen molar-refractivity contribution in [2.24, 2.45) is 5.92 Å². The molecule has 1 aromatic carbocycles. The van der Waals surface area contributed by atoms with Gasteiger partial charge in [0.25, 0.3) is 0 Å². The van der Waals surface area contributed by atoms with Crippen molar-refractivity contribution in [2.75, 3.05) is 38.1 Å². The molecular formula is C16H27N3O. The van der Waals surface area contributed by atoms with Crippen LogP contribution < -0.4 is 15.5 Å². The summed E-state index contributed by atoms with van der Waals surface area (Å²) in [6.45, 7) is 7.31. The van der Waals surface area contributed by atoms with Crippen molar-refractivity contribution in [2.45, 2.75) is 20.3 Å². The molecular weight excluding hydrogens is 250 g/mol. The molecule has 0 aromatic heterocycles. The van der Waals surface area contributed by atoms with Crippen LogP contribution in [0.3, 0.4) is 0 Å². The largest absolute Gasteiger partial charge is 0.375 e. The van der Waals surface area contributed by atoms with Gasteiger partial charge in [-0.15, -0.1) is 0 Å². The lowest BCUT2D eigenvalue weighted by Crippen LogP contribution is -2.36. The molecule has 0 heterocycles. The second-order valence-corrected chi connectivity index (χ2v) is 5.11. The van der Waals surface area contributed by atoms with Gasteiger partial charge < -0.3 is 15.5 Å². The molecule has 2 N–H and O–H groups in total. The number of anilines is 1. The molecule has 1 unspecified atom stereocenters. The highest BCUT2D eigenvalue weighted by Gasteiger charge is 2.11. The zero-order valence-electron chi connectivity index (χ0n) is 12.9. The van der Waals surface area contributed by atoms with E-state index < -0.39 is 0 Å². The van der Waals surface area contributed by atoms with Gasteiger partial charge >= 0.3 is 0 Å². The normalized spacial score (nSPS) is 11.9. The second-order valence-electron chi connectivity index (χ2n) is 5.11. The van der Waals surface area contributed by atoms with E-state index in [2.05, 4.69) is 34.7 Å². The Morgan fingerprint density at radius 2 is 2.00 bits per heavy atom. The van der Waals surface area contributed by atoms with Gasteiger partial charge in [-0.2, -0.15) is 0 Å². The number of nitrogens with one attached hydrogen (secondary N) is 2. The van der Waals surface area contributed by atoms with Crippen molar-refractivity contribution in [3.8, 4) is 0 Å². The summed E-state index contributed by atoms with van der Waals surface area (Å²) in [7, 11) is 2.07. The number of amides is 1. The molecule has 0 bridgehead atoms. The zero-order valence-corrected chi connectivity index (χ0v) is 12.9. The molecule has 4 nitrogen and oxygen atoms in total. The molecule has 0 saturated heterocycles. The van der Waals surface area contributed by atoms with E-state index in [0.29, 0.717) is 0 Å². The Balaban J connectivity index is 2.17. The molecule has 0 aliphatic rings. The van der Waals surface area contributed by atoms with E-state index in [0.717, 1.165) is 32.6 Å². The fourth-order valence-corrected chi connectivity index (χ4v) is 1.97. The van der Waals surface area contributed by atoms with Crippen LogP contribution in [0.1, 0.15) is 20.3 Å². The minimum absolute atomic E-state index is 0.0294. The maximum atomic E-state index is 11.8. The van der Waals surface area contributed by atoms with E-state index in [9.17, 15) is 4.79 Å². The molecule has 0 aliphatic heterocycles. The van der Waals surface area contributed by atoms with Crippen molar-refractivity contribution >= 4 is 11.6 Å². The first-order valence-corrected chi connectivity index (χ1v) is 7.39. The van der Waals surface area contributed by atoms with Crippen LogP contribution in [0.4, 0.5) is 5.69 Å². The molecule has 1 atom stereocenters. The summed E-state index contributed by atoms with van der Waals surface area (Å²) in [5.41, 5.74) is 1.21. The van der Waals surface area contributed by atoms with Crippen LogP contribution in [0.25, 0.3) is 0 Å². The second kappa shape index (κ2) is 9.37. The molecule has 1 aromatic rings. The zero-order chi connectivity index (χ0) is 14.8. The lowest BCUT2D eigenvalue weighted by molar-refractivity contribution is -0.124. The maximum Gasteiger partial charge on any atom is 0.224 e. The molecule has 0 spiro atoms. The van der Waals surface area contributed by atoms with Crippen molar-refractivity contribution in [3.05, 3.63) is 30.3 Å². The smallest absolute Gasteiger partial charge is 0.224 e. The average Bonchev–Trinajstić information content (AvgIpc) is 2.49. The van der Waals surface area contributed by atoms with Gasteiger partial charge in [0, 0.05) is 38.3 Å². The fraction of sp³-hybridized carbons (Fsp3) is 0.562. The van der Waals surface area contributed by atoms with Gasteiger partial charge in [0.1, 0.15) is 0 Å². The van der Waals surface area contributed by atoms with Crippen molar-refractivity contribution < 1.29 is 4.79 Å².